The largest absolute Gasteiger partial charge is 0.481 e. The van der Waals surface area contributed by atoms with Gasteiger partial charge in [0.05, 0.1) is 32.2 Å². The van der Waals surface area contributed by atoms with Gasteiger partial charge in [-0.15, -0.1) is 0 Å². The van der Waals surface area contributed by atoms with Crippen molar-refractivity contribution in [3.8, 4) is 0 Å². The minimum atomic E-state index is -1.79. The normalized spacial score (nSPS) is 14.3. The molecule has 27 heteroatoms. The van der Waals surface area contributed by atoms with E-state index in [2.05, 4.69) is 47.5 Å². The maximum absolute atomic E-state index is 13.7. The van der Waals surface area contributed by atoms with Crippen LogP contribution in [0.5, 0.6) is 0 Å². The van der Waals surface area contributed by atoms with Gasteiger partial charge in [0, 0.05) is 13.0 Å². The fourth-order valence-corrected chi connectivity index (χ4v) is 6.77. The molecule has 8 atom stereocenters. The Labute approximate surface area is 423 Å². The molecule has 408 valence electrons. The van der Waals surface area contributed by atoms with Crippen molar-refractivity contribution in [1.29, 1.82) is 0 Å². The van der Waals surface area contributed by atoms with Crippen molar-refractivity contribution in [2.45, 2.75) is 135 Å². The fourth-order valence-electron chi connectivity index (χ4n) is 6.77. The molecule has 0 bridgehead atoms. The molecule has 0 fully saturated rings. The van der Waals surface area contributed by atoms with Crippen LogP contribution >= 0.6 is 0 Å². The Kier molecular flexibility index (Phi) is 28.3. The molecule has 18 N–H and O–H groups in total. The number of benzene rings is 1. The number of nitrogens with one attached hydrogen (secondary N) is 9. The number of hydrogen-bond donors (Lipinski definition) is 15. The van der Waals surface area contributed by atoms with Crippen molar-refractivity contribution < 1.29 is 68.1 Å². The summed E-state index contributed by atoms with van der Waals surface area (Å²) in [5.41, 5.74) is 17.5. The van der Waals surface area contributed by atoms with Crippen LogP contribution in [0.2, 0.25) is 0 Å². The molecular weight excluding hydrogens is 959 g/mol. The maximum atomic E-state index is 13.7. The molecule has 27 nitrogen and oxygen atoms in total. The summed E-state index contributed by atoms with van der Waals surface area (Å²) in [6.45, 7) is 9.48. The summed E-state index contributed by atoms with van der Waals surface area (Å²) < 4.78 is 0. The predicted molar refractivity (Wildman–Crippen MR) is 264 cm³/mol. The first kappa shape index (κ1) is 63.6. The van der Waals surface area contributed by atoms with Gasteiger partial charge in [-0.1, -0.05) is 71.9 Å². The molecular formula is C46H75N13O14. The van der Waals surface area contributed by atoms with Crippen LogP contribution in [0.25, 0.3) is 0 Å². The number of nitrogens with two attached hydrogens (primary N) is 3. The topological polar surface area (TPSA) is 447 Å². The molecule has 0 aromatic heterocycles. The summed E-state index contributed by atoms with van der Waals surface area (Å²) in [6.07, 6.45) is -0.358. The van der Waals surface area contributed by atoms with Crippen molar-refractivity contribution in [3.63, 3.8) is 0 Å². The first-order valence-corrected chi connectivity index (χ1v) is 23.7. The van der Waals surface area contributed by atoms with E-state index in [4.69, 9.17) is 22.3 Å². The summed E-state index contributed by atoms with van der Waals surface area (Å²) in [5.74, 6) is -11.6. The molecule has 0 spiro atoms. The highest BCUT2D eigenvalue weighted by Gasteiger charge is 2.34. The highest BCUT2D eigenvalue weighted by molar-refractivity contribution is 5.97. The second-order valence-corrected chi connectivity index (χ2v) is 18.4. The van der Waals surface area contributed by atoms with Crippen molar-refractivity contribution in [3.05, 3.63) is 35.9 Å². The Morgan fingerprint density at radius 3 is 1.66 bits per heavy atom. The number of guanidine groups is 1. The van der Waals surface area contributed by atoms with Crippen LogP contribution in [0.4, 0.5) is 0 Å². The lowest BCUT2D eigenvalue weighted by molar-refractivity contribution is -0.147. The van der Waals surface area contributed by atoms with E-state index in [1.807, 2.05) is 33.0 Å². The van der Waals surface area contributed by atoms with E-state index >= 15 is 0 Å². The third kappa shape index (κ3) is 25.5. The zero-order chi connectivity index (χ0) is 55.5. The Morgan fingerprint density at radius 1 is 0.575 bits per heavy atom. The first-order chi connectivity index (χ1) is 34.1. The molecule has 73 heavy (non-hydrogen) atoms. The van der Waals surface area contributed by atoms with Crippen LogP contribution in [0.15, 0.2) is 35.3 Å². The van der Waals surface area contributed by atoms with Crippen LogP contribution in [0.1, 0.15) is 86.1 Å². The van der Waals surface area contributed by atoms with Crippen molar-refractivity contribution in [2.75, 3.05) is 26.2 Å². The summed E-state index contributed by atoms with van der Waals surface area (Å²) in [7, 11) is 0. The number of nitrogens with zero attached hydrogens (tertiary/aromatic N) is 1. The van der Waals surface area contributed by atoms with Gasteiger partial charge in [-0.2, -0.15) is 0 Å². The van der Waals surface area contributed by atoms with Gasteiger partial charge in [0.2, 0.25) is 53.2 Å². The van der Waals surface area contributed by atoms with E-state index in [-0.39, 0.29) is 50.0 Å². The molecule has 0 saturated heterocycles. The van der Waals surface area contributed by atoms with Crippen molar-refractivity contribution >= 4 is 71.1 Å². The summed E-state index contributed by atoms with van der Waals surface area (Å²) >= 11 is 0. The van der Waals surface area contributed by atoms with Crippen molar-refractivity contribution in [2.24, 2.45) is 39.9 Å². The van der Waals surface area contributed by atoms with Crippen LogP contribution in [0.3, 0.4) is 0 Å². The number of carboxylic acid groups (broad SMARTS) is 2. The van der Waals surface area contributed by atoms with Gasteiger partial charge in [0.15, 0.2) is 5.96 Å². The van der Waals surface area contributed by atoms with E-state index in [1.54, 1.807) is 44.2 Å². The first-order valence-electron chi connectivity index (χ1n) is 23.7. The summed E-state index contributed by atoms with van der Waals surface area (Å²) in [4.78, 5) is 145. The third-order valence-corrected chi connectivity index (χ3v) is 10.6. The maximum Gasteiger partial charge on any atom is 0.326 e. The predicted octanol–water partition coefficient (Wildman–Crippen LogP) is -4.44. The Hall–Kier alpha value is -7.42. The number of aliphatic imine (C=N–C) groups is 1. The van der Waals surface area contributed by atoms with Gasteiger partial charge in [0.1, 0.15) is 42.3 Å². The standard InChI is InChI=1S/C46H75N13O14/c1-23(2)16-28(47)39(66)56-30(17-24(3)4)42(69)55-29(14-11-15-50-46(48)49)40(67)58-33(22-60)43(70)59-37(25(5)6)44(71)52-20-34(61)51-21-35(62)54-31(18-27-12-9-8-10-13-27)41(68)53-26(7)38(65)57-32(45(72)73)19-36(63)64/h8-10,12-13,23-26,28-33,37,60H,11,14-22,47H2,1-7H3,(H,51,61)(H,52,71)(H,53,68)(H,54,62)(H,55,69)(H,56,66)(H,57,65)(H,58,67)(H,59,70)(H,63,64)(H,72,73)(H4,48,49,50)/t26-,28-,29-,30-,31-,32-,33-,37-/m0/s1. The zero-order valence-corrected chi connectivity index (χ0v) is 42.3. The van der Waals surface area contributed by atoms with Gasteiger partial charge in [-0.3, -0.25) is 52.9 Å². The minimum Gasteiger partial charge on any atom is -0.481 e. The molecule has 1 aromatic carbocycles. The molecule has 0 radical (unpaired) electrons. The van der Waals surface area contributed by atoms with E-state index in [0.29, 0.717) is 12.0 Å². The third-order valence-electron chi connectivity index (χ3n) is 10.6. The number of rotatable bonds is 33. The highest BCUT2D eigenvalue weighted by atomic mass is 16.4. The van der Waals surface area contributed by atoms with E-state index in [0.717, 1.165) is 0 Å². The Morgan fingerprint density at radius 2 is 1.11 bits per heavy atom. The Balaban J connectivity index is 3.04. The lowest BCUT2D eigenvalue weighted by Crippen LogP contribution is -2.60. The molecule has 0 saturated carbocycles. The molecule has 1 aromatic rings. The van der Waals surface area contributed by atoms with E-state index < -0.39 is 145 Å². The quantitative estimate of drug-likeness (QED) is 0.0179. The number of carboxylic acids is 2. The molecule has 0 unspecified atom stereocenters. The second-order valence-electron chi connectivity index (χ2n) is 18.4. The average molecular weight is 1030 g/mol. The summed E-state index contributed by atoms with van der Waals surface area (Å²) in [6, 6.07) is -2.43. The number of aliphatic hydroxyl groups excluding tert-OH is 1. The lowest BCUT2D eigenvalue weighted by atomic mass is 10.00. The molecule has 1 rings (SSSR count). The fraction of sp³-hybridized carbons (Fsp3) is 0.609. The average Bonchev–Trinajstić information content (AvgIpc) is 3.30. The van der Waals surface area contributed by atoms with Gasteiger partial charge < -0.3 is 80.4 Å². The van der Waals surface area contributed by atoms with Crippen LogP contribution < -0.4 is 65.1 Å². The molecule has 0 aliphatic rings. The second kappa shape index (κ2) is 32.5. The van der Waals surface area contributed by atoms with Crippen molar-refractivity contribution in [1.82, 2.24) is 47.9 Å². The SMILES string of the molecule is CC(C)C[C@H](NC(=O)[C@@H](N)CC(C)C)C(=O)N[C@@H](CCCN=C(N)N)C(=O)N[C@@H](CO)C(=O)N[C@H](C(=O)NCC(=O)NCC(=O)N[C@@H](Cc1ccccc1)C(=O)N[C@@H](C)C(=O)N[C@@H](CC(=O)O)C(=O)O)C(C)C. The zero-order valence-electron chi connectivity index (χ0n) is 42.3. The highest BCUT2D eigenvalue weighted by Crippen LogP contribution is 2.11. The van der Waals surface area contributed by atoms with Crippen LogP contribution in [0, 0.1) is 17.8 Å². The number of amides is 9. The molecule has 0 heterocycles. The smallest absolute Gasteiger partial charge is 0.326 e. The van der Waals surface area contributed by atoms with Gasteiger partial charge in [-0.05, 0) is 55.9 Å². The van der Waals surface area contributed by atoms with Gasteiger partial charge in [-0.25, -0.2) is 4.79 Å². The Bertz CT molecular complexity index is 2090. The minimum absolute atomic E-state index is 0.0518. The number of aliphatic hydroxyl groups is 1. The number of carbonyl (C=O) groups is 11. The number of hydrogen-bond acceptors (Lipinski definition) is 14. The molecule has 9 amide bonds. The number of aliphatic carboxylic acids is 2. The van der Waals surface area contributed by atoms with Gasteiger partial charge >= 0.3 is 11.9 Å². The monoisotopic (exact) mass is 1030 g/mol. The molecule has 0 aliphatic heterocycles. The lowest BCUT2D eigenvalue weighted by Gasteiger charge is -2.27. The number of carbonyl (C=O) groups excluding carboxylic acids is 9. The van der Waals surface area contributed by atoms with E-state index in [1.165, 1.54) is 6.92 Å². The van der Waals surface area contributed by atoms with Gasteiger partial charge in [0.25, 0.3) is 0 Å². The molecule has 0 aliphatic carbocycles. The van der Waals surface area contributed by atoms with Crippen LogP contribution in [-0.4, -0.2) is 161 Å². The van der Waals surface area contributed by atoms with Crippen LogP contribution in [-0.2, 0) is 59.2 Å². The summed E-state index contributed by atoms with van der Waals surface area (Å²) in [5, 5.41) is 50.0. The van der Waals surface area contributed by atoms with E-state index in [9.17, 15) is 63.0 Å².